The summed E-state index contributed by atoms with van der Waals surface area (Å²) in [5.41, 5.74) is 2.47. The number of carbonyl (C=O) groups excluding carboxylic acids is 1. The van der Waals surface area contributed by atoms with Crippen LogP contribution in [0, 0.1) is 0 Å². The Morgan fingerprint density at radius 2 is 2.25 bits per heavy atom. The number of amides is 1. The van der Waals surface area contributed by atoms with Crippen LogP contribution in [0.2, 0.25) is 0 Å². The van der Waals surface area contributed by atoms with Crippen molar-refractivity contribution in [2.45, 2.75) is 45.2 Å². The van der Waals surface area contributed by atoms with Crippen LogP contribution in [0.5, 0.6) is 0 Å². The molecule has 3 rings (SSSR count). The second-order valence-electron chi connectivity index (χ2n) is 5.22. The minimum absolute atomic E-state index is 0.0425. The minimum atomic E-state index is -0.0425. The van der Waals surface area contributed by atoms with Crippen LogP contribution in [0.1, 0.15) is 36.3 Å². The molecule has 5 heteroatoms. The summed E-state index contributed by atoms with van der Waals surface area (Å²) < 4.78 is 6.93. The van der Waals surface area contributed by atoms with Crippen molar-refractivity contribution in [3.05, 3.63) is 41.6 Å². The molecule has 2 heterocycles. The van der Waals surface area contributed by atoms with Gasteiger partial charge in [-0.2, -0.15) is 5.10 Å². The molecule has 106 valence electrons. The highest BCUT2D eigenvalue weighted by atomic mass is 16.3. The van der Waals surface area contributed by atoms with Crippen LogP contribution >= 0.6 is 0 Å². The van der Waals surface area contributed by atoms with E-state index in [4.69, 9.17) is 4.42 Å². The van der Waals surface area contributed by atoms with Crippen LogP contribution in [0.4, 0.5) is 0 Å². The first-order valence-corrected chi connectivity index (χ1v) is 7.15. The molecule has 2 aromatic rings. The van der Waals surface area contributed by atoms with Crippen LogP contribution in [0.25, 0.3) is 0 Å². The van der Waals surface area contributed by atoms with Crippen molar-refractivity contribution in [3.63, 3.8) is 0 Å². The maximum absolute atomic E-state index is 11.9. The lowest BCUT2D eigenvalue weighted by molar-refractivity contribution is -0.122. The van der Waals surface area contributed by atoms with Gasteiger partial charge in [0, 0.05) is 6.20 Å². The average Bonchev–Trinajstić information content (AvgIpc) is 3.03. The summed E-state index contributed by atoms with van der Waals surface area (Å²) >= 11 is 0. The van der Waals surface area contributed by atoms with Gasteiger partial charge < -0.3 is 9.73 Å². The third-order valence-corrected chi connectivity index (χ3v) is 3.63. The molecule has 1 N–H and O–H groups in total. The average molecular weight is 273 g/mol. The van der Waals surface area contributed by atoms with E-state index < -0.39 is 0 Å². The molecule has 0 saturated carbocycles. The van der Waals surface area contributed by atoms with Gasteiger partial charge in [-0.1, -0.05) is 6.42 Å². The molecule has 0 radical (unpaired) electrons. The zero-order valence-electron chi connectivity index (χ0n) is 11.5. The first kappa shape index (κ1) is 13.0. The van der Waals surface area contributed by atoms with Gasteiger partial charge in [0.05, 0.1) is 18.5 Å². The van der Waals surface area contributed by atoms with Crippen LogP contribution in [-0.2, 0) is 30.7 Å². The molecule has 0 atom stereocenters. The van der Waals surface area contributed by atoms with E-state index in [1.807, 2.05) is 18.3 Å². The van der Waals surface area contributed by atoms with Crippen molar-refractivity contribution in [3.8, 4) is 0 Å². The fourth-order valence-electron chi connectivity index (χ4n) is 2.59. The third kappa shape index (κ3) is 3.10. The third-order valence-electron chi connectivity index (χ3n) is 3.63. The van der Waals surface area contributed by atoms with Gasteiger partial charge in [-0.15, -0.1) is 0 Å². The van der Waals surface area contributed by atoms with E-state index in [-0.39, 0.29) is 12.5 Å². The Morgan fingerprint density at radius 3 is 3.10 bits per heavy atom. The predicted molar refractivity (Wildman–Crippen MR) is 74.0 cm³/mol. The summed E-state index contributed by atoms with van der Waals surface area (Å²) in [4.78, 5) is 11.9. The van der Waals surface area contributed by atoms with Gasteiger partial charge in [0.25, 0.3) is 0 Å². The van der Waals surface area contributed by atoms with Crippen LogP contribution in [0.3, 0.4) is 0 Å². The zero-order chi connectivity index (χ0) is 13.8. The Bertz CT molecular complexity index is 548. The SMILES string of the molecule is O=C(Cn1cc2c(n1)CCCCC2)NCc1ccco1. The maximum atomic E-state index is 11.9. The Labute approximate surface area is 118 Å². The topological polar surface area (TPSA) is 60.1 Å². The van der Waals surface area contributed by atoms with E-state index >= 15 is 0 Å². The number of fused-ring (bicyclic) bond motifs is 1. The van der Waals surface area contributed by atoms with Crippen molar-refractivity contribution >= 4 is 5.91 Å². The molecule has 0 unspecified atom stereocenters. The summed E-state index contributed by atoms with van der Waals surface area (Å²) in [7, 11) is 0. The molecule has 5 nitrogen and oxygen atoms in total. The largest absolute Gasteiger partial charge is 0.467 e. The summed E-state index contributed by atoms with van der Waals surface area (Å²) in [5.74, 6) is 0.716. The molecule has 0 aliphatic heterocycles. The van der Waals surface area contributed by atoms with Gasteiger partial charge in [0.2, 0.25) is 5.91 Å². The second kappa shape index (κ2) is 5.94. The fourth-order valence-corrected chi connectivity index (χ4v) is 2.59. The lowest BCUT2D eigenvalue weighted by atomic mass is 10.1. The Kier molecular flexibility index (Phi) is 3.85. The van der Waals surface area contributed by atoms with Gasteiger partial charge >= 0.3 is 0 Å². The highest BCUT2D eigenvalue weighted by Gasteiger charge is 2.13. The number of hydrogen-bond acceptors (Lipinski definition) is 3. The Balaban J connectivity index is 1.56. The molecule has 1 amide bonds. The van der Waals surface area contributed by atoms with Crippen molar-refractivity contribution in [1.29, 1.82) is 0 Å². The molecule has 2 aromatic heterocycles. The molecule has 1 aliphatic carbocycles. The van der Waals surface area contributed by atoms with Crippen molar-refractivity contribution in [2.24, 2.45) is 0 Å². The van der Waals surface area contributed by atoms with Gasteiger partial charge in [0.15, 0.2) is 0 Å². The summed E-state index contributed by atoms with van der Waals surface area (Å²) in [6.45, 7) is 0.695. The number of furan rings is 1. The highest BCUT2D eigenvalue weighted by Crippen LogP contribution is 2.18. The van der Waals surface area contributed by atoms with Crippen LogP contribution < -0.4 is 5.32 Å². The molecule has 0 aromatic carbocycles. The number of nitrogens with zero attached hydrogens (tertiary/aromatic N) is 2. The highest BCUT2D eigenvalue weighted by molar-refractivity contribution is 5.75. The van der Waals surface area contributed by atoms with E-state index in [0.29, 0.717) is 6.54 Å². The molecule has 20 heavy (non-hydrogen) atoms. The molecule has 0 saturated heterocycles. The van der Waals surface area contributed by atoms with Gasteiger partial charge in [-0.3, -0.25) is 9.48 Å². The zero-order valence-corrected chi connectivity index (χ0v) is 11.5. The van der Waals surface area contributed by atoms with Crippen molar-refractivity contribution < 1.29 is 9.21 Å². The maximum Gasteiger partial charge on any atom is 0.242 e. The van der Waals surface area contributed by atoms with Gasteiger partial charge in [-0.25, -0.2) is 0 Å². The van der Waals surface area contributed by atoms with E-state index in [2.05, 4.69) is 10.4 Å². The lowest BCUT2D eigenvalue weighted by Gasteiger charge is -2.03. The molecular weight excluding hydrogens is 254 g/mol. The standard InChI is InChI=1S/C15H19N3O2/c19-15(16-9-13-6-4-8-20-13)11-18-10-12-5-2-1-3-7-14(12)17-18/h4,6,8,10H,1-3,5,7,9,11H2,(H,16,19). The number of carbonyl (C=O) groups is 1. The minimum Gasteiger partial charge on any atom is -0.467 e. The van der Waals surface area contributed by atoms with Gasteiger partial charge in [-0.05, 0) is 43.4 Å². The number of hydrogen-bond donors (Lipinski definition) is 1. The van der Waals surface area contributed by atoms with E-state index in [9.17, 15) is 4.79 Å². The summed E-state index contributed by atoms with van der Waals surface area (Å²) in [6, 6.07) is 3.66. The normalized spacial score (nSPS) is 14.6. The van der Waals surface area contributed by atoms with E-state index in [1.54, 1.807) is 10.9 Å². The molecule has 1 aliphatic rings. The summed E-state index contributed by atoms with van der Waals surface area (Å²) in [5, 5.41) is 7.36. The number of aromatic nitrogens is 2. The Morgan fingerprint density at radius 1 is 1.35 bits per heavy atom. The van der Waals surface area contributed by atoms with Crippen molar-refractivity contribution in [2.75, 3.05) is 0 Å². The van der Waals surface area contributed by atoms with Crippen molar-refractivity contribution in [1.82, 2.24) is 15.1 Å². The van der Waals surface area contributed by atoms with Crippen LogP contribution in [0.15, 0.2) is 29.0 Å². The van der Waals surface area contributed by atoms with Gasteiger partial charge in [0.1, 0.15) is 12.3 Å². The quantitative estimate of drug-likeness (QED) is 0.867. The number of nitrogens with one attached hydrogen (secondary N) is 1. The fraction of sp³-hybridized carbons (Fsp3) is 0.467. The predicted octanol–water partition coefficient (Wildman–Crippen LogP) is 2.06. The second-order valence-corrected chi connectivity index (χ2v) is 5.22. The number of rotatable bonds is 4. The first-order valence-electron chi connectivity index (χ1n) is 7.15. The monoisotopic (exact) mass is 273 g/mol. The number of aryl methyl sites for hydroxylation is 2. The molecule has 0 bridgehead atoms. The smallest absolute Gasteiger partial charge is 0.242 e. The summed E-state index contributed by atoms with van der Waals surface area (Å²) in [6.07, 6.45) is 9.46. The molecular formula is C15H19N3O2. The lowest BCUT2D eigenvalue weighted by Crippen LogP contribution is -2.27. The first-order chi connectivity index (χ1) is 9.81. The van der Waals surface area contributed by atoms with Crippen LogP contribution in [-0.4, -0.2) is 15.7 Å². The van der Waals surface area contributed by atoms with E-state index in [0.717, 1.165) is 18.6 Å². The molecule has 0 fully saturated rings. The Hall–Kier alpha value is -2.04. The molecule has 0 spiro atoms. The van der Waals surface area contributed by atoms with E-state index in [1.165, 1.54) is 30.5 Å².